The molecule has 0 fully saturated rings. The van der Waals surface area contributed by atoms with Gasteiger partial charge in [0.1, 0.15) is 5.69 Å². The Bertz CT molecular complexity index is 1200. The molecule has 4 aromatic rings. The number of H-pyrrole nitrogens is 1. The monoisotopic (exact) mass is 467 g/mol. The van der Waals surface area contributed by atoms with Crippen molar-refractivity contribution in [3.63, 3.8) is 0 Å². The van der Waals surface area contributed by atoms with Crippen molar-refractivity contribution in [1.29, 1.82) is 0 Å². The molecule has 144 valence electrons. The van der Waals surface area contributed by atoms with Crippen LogP contribution >= 0.6 is 27.3 Å². The second-order valence-electron chi connectivity index (χ2n) is 6.24. The van der Waals surface area contributed by atoms with Crippen molar-refractivity contribution < 1.29 is 14.8 Å². The van der Waals surface area contributed by atoms with Crippen molar-refractivity contribution in [3.05, 3.63) is 75.7 Å². The molecule has 0 bridgehead atoms. The Hall–Kier alpha value is -2.72. The van der Waals surface area contributed by atoms with Gasteiger partial charge in [0.05, 0.1) is 6.21 Å². The van der Waals surface area contributed by atoms with Crippen molar-refractivity contribution in [2.24, 2.45) is 5.10 Å². The summed E-state index contributed by atoms with van der Waals surface area (Å²) in [6, 6.07) is 18.8. The molecule has 2 heterocycles. The van der Waals surface area contributed by atoms with Gasteiger partial charge in [-0.05, 0) is 29.8 Å². The lowest BCUT2D eigenvalue weighted by Gasteiger charge is -2.04. The van der Waals surface area contributed by atoms with Crippen LogP contribution in [0.3, 0.4) is 0 Å². The molecule has 0 aliphatic heterocycles. The van der Waals surface area contributed by atoms with Gasteiger partial charge in [-0.3, -0.25) is 4.79 Å². The number of fused-ring (bicyclic) bond motifs is 1. The number of carbonyl (C=O) groups excluding carboxylic acids is 1. The number of halogens is 1. The van der Waals surface area contributed by atoms with Gasteiger partial charge in [-0.15, -0.1) is 11.3 Å². The van der Waals surface area contributed by atoms with Crippen LogP contribution in [0.15, 0.2) is 70.2 Å². The quantitative estimate of drug-likeness (QED) is 0.206. The third kappa shape index (κ3) is 4.18. The smallest absolute Gasteiger partial charge is 0.423 e. The maximum atomic E-state index is 12.9. The average molecular weight is 468 g/mol. The molecule has 0 spiro atoms. The van der Waals surface area contributed by atoms with Crippen molar-refractivity contribution >= 4 is 62.2 Å². The molecule has 0 radical (unpaired) electrons. The van der Waals surface area contributed by atoms with Crippen molar-refractivity contribution in [1.82, 2.24) is 10.4 Å². The number of carbonyl (C=O) groups is 1. The highest BCUT2D eigenvalue weighted by Crippen LogP contribution is 2.34. The van der Waals surface area contributed by atoms with E-state index in [0.717, 1.165) is 26.5 Å². The number of hydrogen-bond donors (Lipinski definition) is 4. The molecule has 9 heteroatoms. The summed E-state index contributed by atoms with van der Waals surface area (Å²) in [6.07, 6.45) is 1.47. The molecular formula is C20H15BBrN3O3S. The van der Waals surface area contributed by atoms with E-state index in [0.29, 0.717) is 15.3 Å². The summed E-state index contributed by atoms with van der Waals surface area (Å²) in [6.45, 7) is 0. The molecule has 2 aromatic carbocycles. The van der Waals surface area contributed by atoms with E-state index in [1.807, 2.05) is 48.5 Å². The van der Waals surface area contributed by atoms with Gasteiger partial charge in [0.2, 0.25) is 0 Å². The Morgan fingerprint density at radius 3 is 2.66 bits per heavy atom. The van der Waals surface area contributed by atoms with Crippen LogP contribution in [-0.2, 0) is 0 Å². The van der Waals surface area contributed by atoms with Crippen molar-refractivity contribution in [3.8, 4) is 11.1 Å². The lowest BCUT2D eigenvalue weighted by Crippen LogP contribution is -2.26. The Morgan fingerprint density at radius 2 is 1.93 bits per heavy atom. The minimum Gasteiger partial charge on any atom is -0.423 e. The minimum absolute atomic E-state index is 0.369. The molecule has 0 aliphatic carbocycles. The Morgan fingerprint density at radius 1 is 1.14 bits per heavy atom. The number of hydrogen-bond acceptors (Lipinski definition) is 5. The molecule has 4 rings (SSSR count). The summed E-state index contributed by atoms with van der Waals surface area (Å²) in [5, 5.41) is 23.3. The van der Waals surface area contributed by atoms with Gasteiger partial charge in [-0.2, -0.15) is 5.10 Å². The first-order valence-electron chi connectivity index (χ1n) is 8.69. The minimum atomic E-state index is -1.52. The van der Waals surface area contributed by atoms with Gasteiger partial charge in [-0.1, -0.05) is 52.3 Å². The fraction of sp³-hybridized carbons (Fsp3) is 0. The molecule has 6 nitrogen and oxygen atoms in total. The molecule has 0 saturated heterocycles. The van der Waals surface area contributed by atoms with Gasteiger partial charge in [0, 0.05) is 30.6 Å². The zero-order chi connectivity index (χ0) is 20.4. The molecule has 4 N–H and O–H groups in total. The highest BCUT2D eigenvalue weighted by atomic mass is 79.9. The first-order chi connectivity index (χ1) is 14.0. The second kappa shape index (κ2) is 8.34. The zero-order valence-corrected chi connectivity index (χ0v) is 17.4. The first kappa shape index (κ1) is 19.6. The topological polar surface area (TPSA) is 97.7 Å². The Labute approximate surface area is 179 Å². The van der Waals surface area contributed by atoms with E-state index in [9.17, 15) is 14.8 Å². The van der Waals surface area contributed by atoms with Gasteiger partial charge in [0.25, 0.3) is 5.91 Å². The van der Waals surface area contributed by atoms with Crippen LogP contribution in [0.2, 0.25) is 0 Å². The molecule has 0 unspecified atom stereocenters. The largest absolute Gasteiger partial charge is 0.499 e. The molecule has 2 aromatic heterocycles. The molecule has 0 aliphatic rings. The molecule has 29 heavy (non-hydrogen) atoms. The zero-order valence-electron chi connectivity index (χ0n) is 15.0. The fourth-order valence-electron chi connectivity index (χ4n) is 3.03. The number of hydrazone groups is 1. The lowest BCUT2D eigenvalue weighted by molar-refractivity contribution is 0.0951. The summed E-state index contributed by atoms with van der Waals surface area (Å²) >= 11 is 4.67. The van der Waals surface area contributed by atoms with Crippen LogP contribution in [0.1, 0.15) is 15.4 Å². The molecule has 1 amide bonds. The Balaban J connectivity index is 1.65. The summed E-state index contributed by atoms with van der Waals surface area (Å²) in [5.41, 5.74) is 5.53. The third-order valence-corrected chi connectivity index (χ3v) is 5.86. The predicted octanol–water partition coefficient (Wildman–Crippen LogP) is 3.10. The summed E-state index contributed by atoms with van der Waals surface area (Å²) < 4.78 is 1.33. The summed E-state index contributed by atoms with van der Waals surface area (Å²) in [7, 11) is -1.52. The number of amides is 1. The SMILES string of the molecule is O=C(N/N=C/c1ccc(B(O)O)s1)c1[nH]c2ccc(Br)cc2c1-c1ccccc1. The van der Waals surface area contributed by atoms with Crippen LogP contribution in [0.5, 0.6) is 0 Å². The van der Waals surface area contributed by atoms with Gasteiger partial charge in [-0.25, -0.2) is 5.43 Å². The van der Waals surface area contributed by atoms with Crippen LogP contribution in [0, 0.1) is 0 Å². The standard InChI is InChI=1S/C20H15BBrN3O3S/c22-13-6-8-16-15(10-13)18(12-4-2-1-3-5-12)19(24-16)20(26)25-23-11-14-7-9-17(29-14)21(27)28/h1-11,24,27-28H,(H,25,26)/b23-11+. The van der Waals surface area contributed by atoms with Gasteiger partial charge >= 0.3 is 7.12 Å². The van der Waals surface area contributed by atoms with Crippen LogP contribution in [-0.4, -0.2) is 34.3 Å². The molecular weight excluding hydrogens is 453 g/mol. The average Bonchev–Trinajstić information content (AvgIpc) is 3.33. The summed E-state index contributed by atoms with van der Waals surface area (Å²) in [4.78, 5) is 16.7. The van der Waals surface area contributed by atoms with Crippen LogP contribution in [0.4, 0.5) is 0 Å². The van der Waals surface area contributed by atoms with Gasteiger partial charge < -0.3 is 15.0 Å². The maximum Gasteiger partial charge on any atom is 0.499 e. The Kier molecular flexibility index (Phi) is 5.64. The number of nitrogens with zero attached hydrogens (tertiary/aromatic N) is 1. The number of benzene rings is 2. The second-order valence-corrected chi connectivity index (χ2v) is 8.31. The number of aromatic nitrogens is 1. The van der Waals surface area contributed by atoms with E-state index in [4.69, 9.17) is 0 Å². The lowest BCUT2D eigenvalue weighted by atomic mass is 9.90. The predicted molar refractivity (Wildman–Crippen MR) is 121 cm³/mol. The van der Waals surface area contributed by atoms with Crippen LogP contribution < -0.4 is 10.2 Å². The molecule has 0 atom stereocenters. The fourth-order valence-corrected chi connectivity index (χ4v) is 4.14. The van der Waals surface area contributed by atoms with Crippen molar-refractivity contribution in [2.45, 2.75) is 0 Å². The van der Waals surface area contributed by atoms with E-state index >= 15 is 0 Å². The highest BCUT2D eigenvalue weighted by molar-refractivity contribution is 9.10. The summed E-state index contributed by atoms with van der Waals surface area (Å²) in [5.74, 6) is -0.369. The van der Waals surface area contributed by atoms with E-state index in [-0.39, 0.29) is 5.91 Å². The van der Waals surface area contributed by atoms with E-state index in [1.54, 1.807) is 12.1 Å². The number of rotatable bonds is 5. The van der Waals surface area contributed by atoms with Crippen LogP contribution in [0.25, 0.3) is 22.0 Å². The van der Waals surface area contributed by atoms with Gasteiger partial charge in [0.15, 0.2) is 0 Å². The highest BCUT2D eigenvalue weighted by Gasteiger charge is 2.19. The number of aromatic amines is 1. The normalized spacial score (nSPS) is 11.3. The third-order valence-electron chi connectivity index (χ3n) is 4.31. The first-order valence-corrected chi connectivity index (χ1v) is 10.3. The van der Waals surface area contributed by atoms with E-state index in [1.165, 1.54) is 17.6 Å². The number of nitrogens with one attached hydrogen (secondary N) is 2. The molecule has 0 saturated carbocycles. The van der Waals surface area contributed by atoms with E-state index < -0.39 is 7.12 Å². The maximum absolute atomic E-state index is 12.9. The van der Waals surface area contributed by atoms with E-state index in [2.05, 4.69) is 31.4 Å². The van der Waals surface area contributed by atoms with Crippen molar-refractivity contribution in [2.75, 3.05) is 0 Å². The number of thiophene rings is 1.